The summed E-state index contributed by atoms with van der Waals surface area (Å²) >= 11 is 0. The smallest absolute Gasteiger partial charge is 0.310 e. The van der Waals surface area contributed by atoms with Crippen molar-refractivity contribution >= 4 is 11.9 Å². The van der Waals surface area contributed by atoms with E-state index in [0.29, 0.717) is 12.8 Å². The zero-order valence-electron chi connectivity index (χ0n) is 12.3. The van der Waals surface area contributed by atoms with E-state index >= 15 is 0 Å². The summed E-state index contributed by atoms with van der Waals surface area (Å²) < 4.78 is 0. The minimum atomic E-state index is -0.876. The highest BCUT2D eigenvalue weighted by atomic mass is 16.4. The van der Waals surface area contributed by atoms with Gasteiger partial charge in [0.25, 0.3) is 0 Å². The Morgan fingerprint density at radius 2 is 1.47 bits per heavy atom. The van der Waals surface area contributed by atoms with Gasteiger partial charge in [0.2, 0.25) is 5.91 Å². The quantitative estimate of drug-likeness (QED) is 0.834. The molecular weight excluding hydrogens is 242 g/mol. The van der Waals surface area contributed by atoms with Crippen molar-refractivity contribution in [2.75, 3.05) is 13.1 Å². The minimum Gasteiger partial charge on any atom is -0.481 e. The molecule has 0 aromatic heterocycles. The number of rotatable bonds is 5. The predicted octanol–water partition coefficient (Wildman–Crippen LogP) is 3.06. The van der Waals surface area contributed by atoms with Crippen LogP contribution in [0.1, 0.15) is 65.2 Å². The standard InChI is InChI=1S/C15H27NO3/c1-3-15(4-2,14(18)19)12-13(17)16-10-8-6-5-7-9-11-16/h3-12H2,1-2H3,(H,18,19). The fraction of sp³-hybridized carbons (Fsp3) is 0.867. The summed E-state index contributed by atoms with van der Waals surface area (Å²) in [6, 6.07) is 0. The molecule has 1 saturated heterocycles. The third-order valence-corrected chi connectivity index (χ3v) is 4.51. The molecule has 0 aromatic carbocycles. The van der Waals surface area contributed by atoms with E-state index in [1.165, 1.54) is 19.3 Å². The summed E-state index contributed by atoms with van der Waals surface area (Å²) in [5.74, 6) is -0.814. The molecule has 1 aliphatic heterocycles. The molecule has 0 unspecified atom stereocenters. The van der Waals surface area contributed by atoms with Crippen molar-refractivity contribution in [3.63, 3.8) is 0 Å². The van der Waals surface area contributed by atoms with Gasteiger partial charge in [-0.3, -0.25) is 9.59 Å². The Morgan fingerprint density at radius 1 is 1.00 bits per heavy atom. The van der Waals surface area contributed by atoms with Crippen LogP contribution in [0.15, 0.2) is 0 Å². The summed E-state index contributed by atoms with van der Waals surface area (Å²) in [5, 5.41) is 9.40. The van der Waals surface area contributed by atoms with Crippen molar-refractivity contribution < 1.29 is 14.7 Å². The van der Waals surface area contributed by atoms with Gasteiger partial charge in [-0.15, -0.1) is 0 Å². The highest BCUT2D eigenvalue weighted by molar-refractivity contribution is 5.85. The van der Waals surface area contributed by atoms with Crippen LogP contribution in [0, 0.1) is 5.41 Å². The van der Waals surface area contributed by atoms with Crippen LogP contribution < -0.4 is 0 Å². The van der Waals surface area contributed by atoms with Gasteiger partial charge in [-0.05, 0) is 25.7 Å². The van der Waals surface area contributed by atoms with Crippen LogP contribution in [0.4, 0.5) is 0 Å². The van der Waals surface area contributed by atoms with Gasteiger partial charge in [0.15, 0.2) is 0 Å². The molecule has 1 aliphatic rings. The number of aliphatic carboxylic acids is 1. The molecule has 0 saturated carbocycles. The second-order valence-corrected chi connectivity index (χ2v) is 5.62. The molecule has 4 heteroatoms. The maximum absolute atomic E-state index is 12.4. The summed E-state index contributed by atoms with van der Waals surface area (Å²) in [6.45, 7) is 5.31. The first kappa shape index (κ1) is 16.0. The summed E-state index contributed by atoms with van der Waals surface area (Å²) in [5.41, 5.74) is -0.876. The molecule has 19 heavy (non-hydrogen) atoms. The van der Waals surface area contributed by atoms with Gasteiger partial charge >= 0.3 is 5.97 Å². The third kappa shape index (κ3) is 4.22. The largest absolute Gasteiger partial charge is 0.481 e. The Hall–Kier alpha value is -1.06. The summed E-state index contributed by atoms with van der Waals surface area (Å²) in [6.07, 6.45) is 6.87. The maximum Gasteiger partial charge on any atom is 0.310 e. The highest BCUT2D eigenvalue weighted by Gasteiger charge is 2.38. The van der Waals surface area contributed by atoms with E-state index in [9.17, 15) is 14.7 Å². The van der Waals surface area contributed by atoms with Crippen molar-refractivity contribution in [3.8, 4) is 0 Å². The lowest BCUT2D eigenvalue weighted by molar-refractivity contribution is -0.154. The monoisotopic (exact) mass is 269 g/mol. The second-order valence-electron chi connectivity index (χ2n) is 5.62. The van der Waals surface area contributed by atoms with Gasteiger partial charge in [-0.1, -0.05) is 33.1 Å². The number of carbonyl (C=O) groups is 2. The molecule has 0 atom stereocenters. The molecule has 0 spiro atoms. The molecule has 1 rings (SSSR count). The number of nitrogens with zero attached hydrogens (tertiary/aromatic N) is 1. The number of carboxylic acids is 1. The zero-order chi connectivity index (χ0) is 14.3. The number of carbonyl (C=O) groups excluding carboxylic acids is 1. The van der Waals surface area contributed by atoms with Crippen LogP contribution in [-0.2, 0) is 9.59 Å². The van der Waals surface area contributed by atoms with Crippen molar-refractivity contribution in [3.05, 3.63) is 0 Å². The van der Waals surface area contributed by atoms with Crippen LogP contribution in [-0.4, -0.2) is 35.0 Å². The van der Waals surface area contributed by atoms with Gasteiger partial charge in [0, 0.05) is 19.5 Å². The first-order valence-electron chi connectivity index (χ1n) is 7.57. The molecule has 4 nitrogen and oxygen atoms in total. The van der Waals surface area contributed by atoms with Crippen molar-refractivity contribution in [1.82, 2.24) is 4.90 Å². The van der Waals surface area contributed by atoms with Gasteiger partial charge < -0.3 is 10.0 Å². The Kier molecular flexibility index (Phi) is 6.32. The van der Waals surface area contributed by atoms with Crippen LogP contribution in [0.25, 0.3) is 0 Å². The first-order chi connectivity index (χ1) is 9.05. The number of hydrogen-bond acceptors (Lipinski definition) is 2. The van der Waals surface area contributed by atoms with Gasteiger partial charge in [-0.25, -0.2) is 0 Å². The fourth-order valence-corrected chi connectivity index (χ4v) is 2.78. The van der Waals surface area contributed by atoms with E-state index in [2.05, 4.69) is 0 Å². The topological polar surface area (TPSA) is 57.6 Å². The Balaban J connectivity index is 2.67. The van der Waals surface area contributed by atoms with Crippen molar-refractivity contribution in [2.45, 2.75) is 65.2 Å². The van der Waals surface area contributed by atoms with E-state index in [-0.39, 0.29) is 12.3 Å². The SMILES string of the molecule is CCC(CC)(CC(=O)N1CCCCCCC1)C(=O)O. The van der Waals surface area contributed by atoms with Gasteiger partial charge in [-0.2, -0.15) is 0 Å². The van der Waals surface area contributed by atoms with Crippen LogP contribution >= 0.6 is 0 Å². The Morgan fingerprint density at radius 3 is 1.89 bits per heavy atom. The number of hydrogen-bond donors (Lipinski definition) is 1. The molecule has 1 fully saturated rings. The molecular formula is C15H27NO3. The molecule has 0 aromatic rings. The van der Waals surface area contributed by atoms with Crippen molar-refractivity contribution in [2.24, 2.45) is 5.41 Å². The van der Waals surface area contributed by atoms with Crippen LogP contribution in [0.3, 0.4) is 0 Å². The van der Waals surface area contributed by atoms with E-state index in [1.54, 1.807) is 0 Å². The van der Waals surface area contributed by atoms with E-state index in [0.717, 1.165) is 25.9 Å². The zero-order valence-corrected chi connectivity index (χ0v) is 12.3. The molecule has 0 radical (unpaired) electrons. The lowest BCUT2D eigenvalue weighted by Gasteiger charge is -2.31. The van der Waals surface area contributed by atoms with Crippen LogP contribution in [0.2, 0.25) is 0 Å². The second kappa shape index (κ2) is 7.51. The lowest BCUT2D eigenvalue weighted by atomic mass is 9.79. The van der Waals surface area contributed by atoms with Gasteiger partial charge in [0.1, 0.15) is 0 Å². The summed E-state index contributed by atoms with van der Waals surface area (Å²) in [4.78, 5) is 25.7. The highest BCUT2D eigenvalue weighted by Crippen LogP contribution is 2.32. The predicted molar refractivity (Wildman–Crippen MR) is 74.9 cm³/mol. The lowest BCUT2D eigenvalue weighted by Crippen LogP contribution is -2.40. The number of amides is 1. The van der Waals surface area contributed by atoms with Crippen LogP contribution in [0.5, 0.6) is 0 Å². The molecule has 0 aliphatic carbocycles. The molecule has 1 N–H and O–H groups in total. The molecule has 110 valence electrons. The van der Waals surface area contributed by atoms with Gasteiger partial charge in [0.05, 0.1) is 5.41 Å². The number of likely N-dealkylation sites (tertiary alicyclic amines) is 1. The maximum atomic E-state index is 12.4. The minimum absolute atomic E-state index is 0.0213. The first-order valence-corrected chi connectivity index (χ1v) is 7.57. The Bertz CT molecular complexity index is 303. The average molecular weight is 269 g/mol. The Labute approximate surface area is 116 Å². The third-order valence-electron chi connectivity index (χ3n) is 4.51. The van der Waals surface area contributed by atoms with E-state index < -0.39 is 11.4 Å². The molecule has 0 bridgehead atoms. The van der Waals surface area contributed by atoms with Crippen molar-refractivity contribution in [1.29, 1.82) is 0 Å². The van der Waals surface area contributed by atoms with E-state index in [1.807, 2.05) is 18.7 Å². The molecule has 1 heterocycles. The summed E-state index contributed by atoms with van der Waals surface area (Å²) in [7, 11) is 0. The number of carboxylic acid groups (broad SMARTS) is 1. The van der Waals surface area contributed by atoms with E-state index in [4.69, 9.17) is 0 Å². The normalized spacial score (nSPS) is 17.7. The molecule has 1 amide bonds. The average Bonchev–Trinajstić information content (AvgIpc) is 2.35. The fourth-order valence-electron chi connectivity index (χ4n) is 2.78.